The molecule has 0 bridgehead atoms. The first-order chi connectivity index (χ1) is 12.3. The smallest absolute Gasteiger partial charge is 0.0118 e. The summed E-state index contributed by atoms with van der Waals surface area (Å²) in [5.74, 6) is 0.693. The van der Waals surface area contributed by atoms with Crippen LogP contribution < -0.4 is 0 Å². The largest absolute Gasteiger partial charge is 0.0917 e. The van der Waals surface area contributed by atoms with Gasteiger partial charge in [0.2, 0.25) is 0 Å². The Morgan fingerprint density at radius 2 is 1.76 bits per heavy atom. The van der Waals surface area contributed by atoms with E-state index in [0.717, 1.165) is 12.8 Å². The molecule has 0 saturated heterocycles. The van der Waals surface area contributed by atoms with E-state index in [4.69, 9.17) is 0 Å². The molecule has 3 rings (SSSR count). The van der Waals surface area contributed by atoms with E-state index in [0.29, 0.717) is 5.92 Å². The summed E-state index contributed by atoms with van der Waals surface area (Å²) in [6.45, 7) is 4.37. The normalized spacial score (nSPS) is 17.0. The van der Waals surface area contributed by atoms with Gasteiger partial charge < -0.3 is 0 Å². The minimum atomic E-state index is 0.693. The van der Waals surface area contributed by atoms with Gasteiger partial charge in [-0.15, -0.1) is 0 Å². The highest BCUT2D eigenvalue weighted by Gasteiger charge is 2.20. The molecule has 0 nitrogen and oxygen atoms in total. The third-order valence-corrected chi connectivity index (χ3v) is 5.60. The highest BCUT2D eigenvalue weighted by molar-refractivity contribution is 5.37. The van der Waals surface area contributed by atoms with E-state index in [1.807, 2.05) is 0 Å². The Bertz CT molecular complexity index is 690. The Balaban J connectivity index is 1.64. The SMILES string of the molecule is C/C=C/CCc1ccc(C2CCc3cc(CCCC)ccc3C2)cc1. The van der Waals surface area contributed by atoms with Crippen LogP contribution in [0.2, 0.25) is 0 Å². The second-order valence-electron chi connectivity index (χ2n) is 7.50. The minimum Gasteiger partial charge on any atom is -0.0917 e. The molecule has 0 saturated carbocycles. The molecule has 2 aromatic carbocycles. The van der Waals surface area contributed by atoms with Crippen LogP contribution in [0.25, 0.3) is 0 Å². The van der Waals surface area contributed by atoms with Crippen LogP contribution in [0.4, 0.5) is 0 Å². The van der Waals surface area contributed by atoms with Crippen LogP contribution >= 0.6 is 0 Å². The molecule has 2 aromatic rings. The summed E-state index contributed by atoms with van der Waals surface area (Å²) in [5.41, 5.74) is 7.69. The average Bonchev–Trinajstić information content (AvgIpc) is 2.66. The van der Waals surface area contributed by atoms with Crippen molar-refractivity contribution in [1.82, 2.24) is 0 Å². The first-order valence-electron chi connectivity index (χ1n) is 10.1. The van der Waals surface area contributed by atoms with Gasteiger partial charge in [0.15, 0.2) is 0 Å². The van der Waals surface area contributed by atoms with Gasteiger partial charge in [0.05, 0.1) is 0 Å². The van der Waals surface area contributed by atoms with Gasteiger partial charge in [-0.3, -0.25) is 0 Å². The van der Waals surface area contributed by atoms with E-state index in [-0.39, 0.29) is 0 Å². The molecule has 0 N–H and O–H groups in total. The third kappa shape index (κ3) is 4.84. The molecule has 0 amide bonds. The summed E-state index contributed by atoms with van der Waals surface area (Å²) >= 11 is 0. The Morgan fingerprint density at radius 3 is 2.52 bits per heavy atom. The van der Waals surface area contributed by atoms with Gasteiger partial charge in [-0.05, 0) is 85.6 Å². The zero-order valence-electron chi connectivity index (χ0n) is 15.9. The number of aryl methyl sites for hydroxylation is 3. The van der Waals surface area contributed by atoms with E-state index >= 15 is 0 Å². The average molecular weight is 333 g/mol. The zero-order chi connectivity index (χ0) is 17.5. The minimum absolute atomic E-state index is 0.693. The van der Waals surface area contributed by atoms with Crippen LogP contribution in [0.5, 0.6) is 0 Å². The maximum absolute atomic E-state index is 2.48. The zero-order valence-corrected chi connectivity index (χ0v) is 15.9. The number of hydrogen-bond donors (Lipinski definition) is 0. The first kappa shape index (κ1) is 18.0. The van der Waals surface area contributed by atoms with Crippen LogP contribution in [0.3, 0.4) is 0 Å². The predicted molar refractivity (Wildman–Crippen MR) is 109 cm³/mol. The number of fused-ring (bicyclic) bond motifs is 1. The van der Waals surface area contributed by atoms with Crippen molar-refractivity contribution in [3.63, 3.8) is 0 Å². The second kappa shape index (κ2) is 9.04. The highest BCUT2D eigenvalue weighted by Crippen LogP contribution is 2.33. The second-order valence-corrected chi connectivity index (χ2v) is 7.50. The molecule has 0 heteroatoms. The Kier molecular flexibility index (Phi) is 6.50. The molecule has 0 radical (unpaired) electrons. The van der Waals surface area contributed by atoms with E-state index in [1.54, 1.807) is 11.1 Å². The summed E-state index contributed by atoms with van der Waals surface area (Å²) in [7, 11) is 0. The van der Waals surface area contributed by atoms with Gasteiger partial charge in [-0.2, -0.15) is 0 Å². The Labute approximate surface area is 154 Å². The van der Waals surface area contributed by atoms with Crippen molar-refractivity contribution >= 4 is 0 Å². The van der Waals surface area contributed by atoms with E-state index in [1.165, 1.54) is 55.2 Å². The highest BCUT2D eigenvalue weighted by atomic mass is 14.2. The topological polar surface area (TPSA) is 0 Å². The predicted octanol–water partition coefficient (Wildman–Crippen LogP) is 6.81. The maximum Gasteiger partial charge on any atom is -0.0118 e. The molecule has 1 atom stereocenters. The van der Waals surface area contributed by atoms with Crippen LogP contribution in [0, 0.1) is 0 Å². The van der Waals surface area contributed by atoms with Crippen LogP contribution in [-0.4, -0.2) is 0 Å². The molecule has 1 aliphatic carbocycles. The lowest BCUT2D eigenvalue weighted by atomic mass is 9.79. The van der Waals surface area contributed by atoms with Crippen LogP contribution in [0.15, 0.2) is 54.6 Å². The van der Waals surface area contributed by atoms with Gasteiger partial charge in [-0.1, -0.05) is 68.0 Å². The lowest BCUT2D eigenvalue weighted by Crippen LogP contribution is -2.13. The first-order valence-corrected chi connectivity index (χ1v) is 10.1. The Morgan fingerprint density at radius 1 is 0.960 bits per heavy atom. The fourth-order valence-electron chi connectivity index (χ4n) is 4.00. The molecule has 1 aliphatic rings. The van der Waals surface area contributed by atoms with Gasteiger partial charge in [0.1, 0.15) is 0 Å². The van der Waals surface area contributed by atoms with E-state index in [9.17, 15) is 0 Å². The van der Waals surface area contributed by atoms with Gasteiger partial charge >= 0.3 is 0 Å². The molecule has 1 unspecified atom stereocenters. The molecular weight excluding hydrogens is 300 g/mol. The quantitative estimate of drug-likeness (QED) is 0.488. The summed E-state index contributed by atoms with van der Waals surface area (Å²) in [6, 6.07) is 16.7. The standard InChI is InChI=1S/C25H32/c1-3-5-7-9-20-10-13-22(14-11-20)24-17-16-23-18-21(8-6-4-2)12-15-25(23)19-24/h3,5,10-15,18,24H,4,6-9,16-17,19H2,1-2H3/b5-3+. The number of hydrogen-bond acceptors (Lipinski definition) is 0. The molecule has 0 aromatic heterocycles. The number of unbranched alkanes of at least 4 members (excludes halogenated alkanes) is 1. The van der Waals surface area contributed by atoms with Crippen molar-refractivity contribution in [3.8, 4) is 0 Å². The monoisotopic (exact) mass is 332 g/mol. The molecule has 0 fully saturated rings. The molecule has 25 heavy (non-hydrogen) atoms. The number of allylic oxidation sites excluding steroid dienone is 2. The maximum atomic E-state index is 2.48. The molecule has 0 aliphatic heterocycles. The van der Waals surface area contributed by atoms with Crippen molar-refractivity contribution in [2.75, 3.05) is 0 Å². The van der Waals surface area contributed by atoms with Crippen molar-refractivity contribution in [1.29, 1.82) is 0 Å². The fourth-order valence-corrected chi connectivity index (χ4v) is 4.00. The molecule has 0 spiro atoms. The summed E-state index contributed by atoms with van der Waals surface area (Å²) in [4.78, 5) is 0. The number of rotatable bonds is 7. The van der Waals surface area contributed by atoms with E-state index < -0.39 is 0 Å². The van der Waals surface area contributed by atoms with Gasteiger partial charge in [0, 0.05) is 0 Å². The third-order valence-electron chi connectivity index (χ3n) is 5.60. The summed E-state index contributed by atoms with van der Waals surface area (Å²) < 4.78 is 0. The van der Waals surface area contributed by atoms with Gasteiger partial charge in [0.25, 0.3) is 0 Å². The van der Waals surface area contributed by atoms with Crippen molar-refractivity contribution in [2.24, 2.45) is 0 Å². The van der Waals surface area contributed by atoms with Crippen molar-refractivity contribution in [2.45, 2.75) is 71.1 Å². The fraction of sp³-hybridized carbons (Fsp3) is 0.440. The van der Waals surface area contributed by atoms with Crippen LogP contribution in [-0.2, 0) is 25.7 Å². The van der Waals surface area contributed by atoms with Crippen molar-refractivity contribution < 1.29 is 0 Å². The molecule has 0 heterocycles. The number of benzene rings is 2. The van der Waals surface area contributed by atoms with E-state index in [2.05, 4.69) is 68.5 Å². The summed E-state index contributed by atoms with van der Waals surface area (Å²) in [6.07, 6.45) is 14.3. The van der Waals surface area contributed by atoms with Gasteiger partial charge in [-0.25, -0.2) is 0 Å². The molecular formula is C25H32. The Hall–Kier alpha value is -1.82. The lowest BCUT2D eigenvalue weighted by Gasteiger charge is -2.26. The van der Waals surface area contributed by atoms with Crippen molar-refractivity contribution in [3.05, 3.63) is 82.4 Å². The summed E-state index contributed by atoms with van der Waals surface area (Å²) in [5, 5.41) is 0. The lowest BCUT2D eigenvalue weighted by molar-refractivity contribution is 0.584. The molecule has 132 valence electrons. The van der Waals surface area contributed by atoms with Crippen LogP contribution in [0.1, 0.15) is 73.3 Å².